The Balaban J connectivity index is 2.35. The Morgan fingerprint density at radius 2 is 1.96 bits per heavy atom. The van der Waals surface area contributed by atoms with Crippen LogP contribution < -0.4 is 4.74 Å². The summed E-state index contributed by atoms with van der Waals surface area (Å²) >= 11 is 0. The van der Waals surface area contributed by atoms with Gasteiger partial charge in [0.05, 0.1) is 5.56 Å². The normalized spacial score (nSPS) is 10.5. The van der Waals surface area contributed by atoms with Crippen LogP contribution in [0.15, 0.2) is 36.4 Å². The SMILES string of the molecule is CCCCCc1cc(O)c(-c2cccc(C)c2)c(OCOC(C)=O)c1. The molecule has 0 fully saturated rings. The molecular formula is C21H26O4. The van der Waals surface area contributed by atoms with Gasteiger partial charge in [0, 0.05) is 6.92 Å². The number of rotatable bonds is 8. The number of esters is 1. The lowest BCUT2D eigenvalue weighted by Crippen LogP contribution is -2.07. The van der Waals surface area contributed by atoms with Crippen LogP contribution in [-0.2, 0) is 16.0 Å². The first kappa shape index (κ1) is 18.8. The lowest BCUT2D eigenvalue weighted by molar-refractivity contribution is -0.147. The van der Waals surface area contributed by atoms with Gasteiger partial charge in [-0.25, -0.2) is 0 Å². The zero-order chi connectivity index (χ0) is 18.2. The molecule has 0 amide bonds. The number of carbonyl (C=O) groups excluding carboxylic acids is 1. The van der Waals surface area contributed by atoms with E-state index in [0.717, 1.165) is 42.4 Å². The number of hydrogen-bond donors (Lipinski definition) is 1. The van der Waals surface area contributed by atoms with Crippen LogP contribution in [-0.4, -0.2) is 17.9 Å². The first-order chi connectivity index (χ1) is 12.0. The summed E-state index contributed by atoms with van der Waals surface area (Å²) in [5.41, 5.74) is 3.60. The smallest absolute Gasteiger partial charge is 0.305 e. The van der Waals surface area contributed by atoms with Crippen LogP contribution in [0.2, 0.25) is 0 Å². The Labute approximate surface area is 149 Å². The zero-order valence-electron chi connectivity index (χ0n) is 15.2. The summed E-state index contributed by atoms with van der Waals surface area (Å²) in [5, 5.41) is 10.6. The fraction of sp³-hybridized carbons (Fsp3) is 0.381. The first-order valence-electron chi connectivity index (χ1n) is 8.70. The number of hydrogen-bond acceptors (Lipinski definition) is 4. The van der Waals surface area contributed by atoms with Crippen molar-refractivity contribution in [3.63, 3.8) is 0 Å². The van der Waals surface area contributed by atoms with Gasteiger partial charge >= 0.3 is 5.97 Å². The first-order valence-corrected chi connectivity index (χ1v) is 8.70. The van der Waals surface area contributed by atoms with E-state index in [9.17, 15) is 9.90 Å². The average Bonchev–Trinajstić information content (AvgIpc) is 2.54. The molecule has 1 N–H and O–H groups in total. The van der Waals surface area contributed by atoms with Gasteiger partial charge in [-0.1, -0.05) is 49.6 Å². The van der Waals surface area contributed by atoms with Gasteiger partial charge in [-0.05, 0) is 43.0 Å². The predicted octanol–water partition coefficient (Wildman–Crippen LogP) is 5.00. The van der Waals surface area contributed by atoms with E-state index in [1.54, 1.807) is 6.07 Å². The van der Waals surface area contributed by atoms with Gasteiger partial charge in [-0.3, -0.25) is 4.79 Å². The molecule has 2 rings (SSSR count). The van der Waals surface area contributed by atoms with Crippen molar-refractivity contribution in [3.8, 4) is 22.6 Å². The molecule has 0 aliphatic rings. The molecule has 2 aromatic carbocycles. The summed E-state index contributed by atoms with van der Waals surface area (Å²) in [5.74, 6) is 0.302. The number of benzene rings is 2. The highest BCUT2D eigenvalue weighted by atomic mass is 16.7. The Morgan fingerprint density at radius 1 is 1.16 bits per heavy atom. The average molecular weight is 342 g/mol. The molecule has 4 nitrogen and oxygen atoms in total. The van der Waals surface area contributed by atoms with Crippen molar-refractivity contribution in [1.82, 2.24) is 0 Å². The molecule has 0 radical (unpaired) electrons. The second kappa shape index (κ2) is 9.11. The molecule has 4 heteroatoms. The standard InChI is InChI=1S/C21H26O4/c1-4-5-6-9-17-12-19(23)21(18-10-7-8-15(2)11-18)20(13-17)25-14-24-16(3)22/h7-8,10-13,23H,4-6,9,14H2,1-3H3. The Hall–Kier alpha value is -2.49. The van der Waals surface area contributed by atoms with E-state index in [1.165, 1.54) is 6.92 Å². The minimum absolute atomic E-state index is 0.175. The monoisotopic (exact) mass is 342 g/mol. The van der Waals surface area contributed by atoms with E-state index >= 15 is 0 Å². The maximum Gasteiger partial charge on any atom is 0.305 e. The lowest BCUT2D eigenvalue weighted by atomic mass is 9.98. The van der Waals surface area contributed by atoms with Crippen molar-refractivity contribution in [1.29, 1.82) is 0 Å². The Morgan fingerprint density at radius 3 is 2.64 bits per heavy atom. The molecule has 0 spiro atoms. The third kappa shape index (κ3) is 5.52. The molecule has 0 atom stereocenters. The number of aromatic hydroxyl groups is 1. The molecule has 0 bridgehead atoms. The van der Waals surface area contributed by atoms with E-state index in [2.05, 4.69) is 6.92 Å². The zero-order valence-corrected chi connectivity index (χ0v) is 15.2. The van der Waals surface area contributed by atoms with Crippen molar-refractivity contribution < 1.29 is 19.4 Å². The number of phenols is 1. The Bertz CT molecular complexity index is 722. The fourth-order valence-corrected chi connectivity index (χ4v) is 2.76. The number of unbranched alkanes of at least 4 members (excludes halogenated alkanes) is 2. The predicted molar refractivity (Wildman–Crippen MR) is 98.8 cm³/mol. The molecule has 25 heavy (non-hydrogen) atoms. The minimum Gasteiger partial charge on any atom is -0.507 e. The van der Waals surface area contributed by atoms with Gasteiger partial charge < -0.3 is 14.6 Å². The molecule has 0 aliphatic carbocycles. The van der Waals surface area contributed by atoms with Crippen LogP contribution in [0.25, 0.3) is 11.1 Å². The van der Waals surface area contributed by atoms with Crippen molar-refractivity contribution >= 4 is 5.97 Å². The summed E-state index contributed by atoms with van der Waals surface area (Å²) in [6, 6.07) is 11.6. The van der Waals surface area contributed by atoms with Gasteiger partial charge in [0.25, 0.3) is 0 Å². The molecule has 2 aromatic rings. The number of aryl methyl sites for hydroxylation is 2. The second-order valence-electron chi connectivity index (χ2n) is 6.21. The van der Waals surface area contributed by atoms with E-state index in [4.69, 9.17) is 9.47 Å². The molecule has 0 saturated heterocycles. The maximum atomic E-state index is 11.0. The van der Waals surface area contributed by atoms with E-state index in [0.29, 0.717) is 11.3 Å². The van der Waals surface area contributed by atoms with Crippen molar-refractivity contribution in [2.75, 3.05) is 6.79 Å². The quantitative estimate of drug-likeness (QED) is 0.417. The molecule has 0 unspecified atom stereocenters. The highest BCUT2D eigenvalue weighted by molar-refractivity contribution is 5.77. The van der Waals surface area contributed by atoms with Crippen LogP contribution in [0, 0.1) is 6.92 Å². The summed E-state index contributed by atoms with van der Waals surface area (Å²) in [6.45, 7) is 5.32. The molecule has 0 aromatic heterocycles. The molecule has 0 heterocycles. The summed E-state index contributed by atoms with van der Waals surface area (Å²) in [6.07, 6.45) is 4.22. The van der Waals surface area contributed by atoms with Crippen molar-refractivity contribution in [2.45, 2.75) is 46.5 Å². The van der Waals surface area contributed by atoms with Gasteiger partial charge in [0.2, 0.25) is 6.79 Å². The summed E-state index contributed by atoms with van der Waals surface area (Å²) in [7, 11) is 0. The van der Waals surface area contributed by atoms with Crippen LogP contribution >= 0.6 is 0 Å². The van der Waals surface area contributed by atoms with Crippen LogP contribution in [0.4, 0.5) is 0 Å². The summed E-state index contributed by atoms with van der Waals surface area (Å²) < 4.78 is 10.6. The molecule has 0 saturated carbocycles. The van der Waals surface area contributed by atoms with Crippen LogP contribution in [0.3, 0.4) is 0 Å². The largest absolute Gasteiger partial charge is 0.507 e. The third-order valence-corrected chi connectivity index (χ3v) is 3.99. The molecule has 134 valence electrons. The topological polar surface area (TPSA) is 55.8 Å². The van der Waals surface area contributed by atoms with Crippen LogP contribution in [0.5, 0.6) is 11.5 Å². The van der Waals surface area contributed by atoms with E-state index < -0.39 is 5.97 Å². The van der Waals surface area contributed by atoms with Gasteiger partial charge in [0.1, 0.15) is 11.5 Å². The number of phenolic OH excluding ortho intramolecular Hbond substituents is 1. The van der Waals surface area contributed by atoms with E-state index in [1.807, 2.05) is 37.3 Å². The fourth-order valence-electron chi connectivity index (χ4n) is 2.76. The maximum absolute atomic E-state index is 11.0. The lowest BCUT2D eigenvalue weighted by Gasteiger charge is -2.15. The van der Waals surface area contributed by atoms with E-state index in [-0.39, 0.29) is 12.5 Å². The van der Waals surface area contributed by atoms with Gasteiger partial charge in [0.15, 0.2) is 0 Å². The minimum atomic E-state index is -0.402. The Kier molecular flexibility index (Phi) is 6.87. The second-order valence-corrected chi connectivity index (χ2v) is 6.21. The van der Waals surface area contributed by atoms with Crippen molar-refractivity contribution in [2.24, 2.45) is 0 Å². The number of carbonyl (C=O) groups is 1. The van der Waals surface area contributed by atoms with Crippen molar-refractivity contribution in [3.05, 3.63) is 47.5 Å². The highest BCUT2D eigenvalue weighted by Crippen LogP contribution is 2.39. The highest BCUT2D eigenvalue weighted by Gasteiger charge is 2.15. The number of ether oxygens (including phenoxy) is 2. The van der Waals surface area contributed by atoms with Gasteiger partial charge in [-0.2, -0.15) is 0 Å². The summed E-state index contributed by atoms with van der Waals surface area (Å²) in [4.78, 5) is 11.0. The third-order valence-electron chi connectivity index (χ3n) is 3.99. The molecule has 0 aliphatic heterocycles. The van der Waals surface area contributed by atoms with Gasteiger partial charge in [-0.15, -0.1) is 0 Å². The molecular weight excluding hydrogens is 316 g/mol. The van der Waals surface area contributed by atoms with Crippen LogP contribution in [0.1, 0.15) is 44.2 Å².